The predicted octanol–water partition coefficient (Wildman–Crippen LogP) is 0.389. The van der Waals surface area contributed by atoms with Crippen LogP contribution in [0.5, 0.6) is 0 Å². The molecule has 0 saturated carbocycles. The van der Waals surface area contributed by atoms with Crippen molar-refractivity contribution in [2.75, 3.05) is 24.2 Å². The molecule has 16 heavy (non-hydrogen) atoms. The first-order valence-corrected chi connectivity index (χ1v) is 4.72. The van der Waals surface area contributed by atoms with Gasteiger partial charge in [0.1, 0.15) is 5.82 Å². The predicted molar refractivity (Wildman–Crippen MR) is 60.3 cm³/mol. The van der Waals surface area contributed by atoms with E-state index in [0.717, 1.165) is 0 Å². The van der Waals surface area contributed by atoms with Crippen LogP contribution in [0.15, 0.2) is 12.1 Å². The molecule has 0 spiro atoms. The van der Waals surface area contributed by atoms with E-state index >= 15 is 0 Å². The van der Waals surface area contributed by atoms with Crippen LogP contribution in [0.4, 0.5) is 17.3 Å². The summed E-state index contributed by atoms with van der Waals surface area (Å²) in [7, 11) is 1.72. The number of nitrogens with zero attached hydrogens (tertiary/aromatic N) is 3. The Hall–Kier alpha value is -1.89. The highest BCUT2D eigenvalue weighted by Gasteiger charge is 2.14. The van der Waals surface area contributed by atoms with Crippen molar-refractivity contribution in [3.8, 4) is 0 Å². The maximum atomic E-state index is 10.5. The normalized spacial score (nSPS) is 12.2. The molecule has 1 heterocycles. The monoisotopic (exact) mass is 226 g/mol. The summed E-state index contributed by atoms with van der Waals surface area (Å²) in [5.41, 5.74) is 5.24. The number of hydrogen-bond donors (Lipinski definition) is 2. The fourth-order valence-corrected chi connectivity index (χ4v) is 1.31. The quantitative estimate of drug-likeness (QED) is 0.568. The maximum Gasteiger partial charge on any atom is 0.311 e. The second-order valence-corrected chi connectivity index (χ2v) is 3.56. The molecule has 3 N–H and O–H groups in total. The van der Waals surface area contributed by atoms with Gasteiger partial charge in [-0.3, -0.25) is 10.1 Å². The van der Waals surface area contributed by atoms with E-state index in [9.17, 15) is 15.2 Å². The van der Waals surface area contributed by atoms with Gasteiger partial charge in [0.2, 0.25) is 5.82 Å². The van der Waals surface area contributed by atoms with Crippen LogP contribution < -0.4 is 10.6 Å². The van der Waals surface area contributed by atoms with Gasteiger partial charge in [-0.1, -0.05) is 0 Å². The van der Waals surface area contributed by atoms with Gasteiger partial charge in [0.25, 0.3) is 0 Å². The van der Waals surface area contributed by atoms with Crippen molar-refractivity contribution < 1.29 is 10.0 Å². The lowest BCUT2D eigenvalue weighted by Crippen LogP contribution is -2.27. The number of nitrogen functional groups attached to an aromatic ring is 1. The minimum absolute atomic E-state index is 0.125. The summed E-state index contributed by atoms with van der Waals surface area (Å²) in [5, 5.41) is 19.7. The van der Waals surface area contributed by atoms with Crippen LogP contribution in [0, 0.1) is 10.1 Å². The molecule has 0 amide bonds. The molecular formula is C9H14N4O3. The van der Waals surface area contributed by atoms with E-state index in [1.165, 1.54) is 12.1 Å². The third-order valence-electron chi connectivity index (χ3n) is 2.01. The van der Waals surface area contributed by atoms with E-state index in [4.69, 9.17) is 5.73 Å². The average molecular weight is 226 g/mol. The lowest BCUT2D eigenvalue weighted by molar-refractivity contribution is -0.384. The van der Waals surface area contributed by atoms with Crippen molar-refractivity contribution >= 4 is 17.3 Å². The highest BCUT2D eigenvalue weighted by molar-refractivity contribution is 5.57. The molecule has 0 radical (unpaired) electrons. The highest BCUT2D eigenvalue weighted by atomic mass is 16.6. The molecule has 1 unspecified atom stereocenters. The van der Waals surface area contributed by atoms with Crippen LogP contribution in [0.2, 0.25) is 0 Å². The molecule has 88 valence electrons. The van der Waals surface area contributed by atoms with Crippen molar-refractivity contribution in [2.45, 2.75) is 13.0 Å². The summed E-state index contributed by atoms with van der Waals surface area (Å²) in [6.07, 6.45) is -0.511. The second-order valence-electron chi connectivity index (χ2n) is 3.56. The van der Waals surface area contributed by atoms with E-state index in [0.29, 0.717) is 12.4 Å². The van der Waals surface area contributed by atoms with Crippen LogP contribution in [0.3, 0.4) is 0 Å². The van der Waals surface area contributed by atoms with Crippen molar-refractivity contribution in [3.05, 3.63) is 22.2 Å². The second kappa shape index (κ2) is 4.75. The zero-order chi connectivity index (χ0) is 12.3. The number of nitro groups is 1. The van der Waals surface area contributed by atoms with Crippen LogP contribution >= 0.6 is 0 Å². The SMILES string of the molecule is CC(O)CN(C)c1ccc([N+](=O)[O-])c(N)n1. The number of aliphatic hydroxyl groups is 1. The molecule has 1 atom stereocenters. The Morgan fingerprint density at radius 3 is 2.75 bits per heavy atom. The van der Waals surface area contributed by atoms with Gasteiger partial charge in [0.15, 0.2) is 0 Å². The number of hydrogen-bond acceptors (Lipinski definition) is 6. The first-order valence-electron chi connectivity index (χ1n) is 4.72. The number of pyridine rings is 1. The summed E-state index contributed by atoms with van der Waals surface area (Å²) in [6.45, 7) is 2.02. The Balaban J connectivity index is 2.92. The molecule has 0 aliphatic heterocycles. The molecule has 7 nitrogen and oxygen atoms in total. The summed E-state index contributed by atoms with van der Waals surface area (Å²) in [4.78, 5) is 15.5. The molecule has 1 aromatic rings. The van der Waals surface area contributed by atoms with Crippen LogP contribution in [0.25, 0.3) is 0 Å². The molecule has 0 fully saturated rings. The largest absolute Gasteiger partial charge is 0.392 e. The van der Waals surface area contributed by atoms with Gasteiger partial charge in [0, 0.05) is 19.7 Å². The molecule has 1 aromatic heterocycles. The van der Waals surface area contributed by atoms with E-state index in [1.807, 2.05) is 0 Å². The maximum absolute atomic E-state index is 10.5. The Labute approximate surface area is 92.7 Å². The Bertz CT molecular complexity index is 394. The van der Waals surface area contributed by atoms with Gasteiger partial charge >= 0.3 is 5.69 Å². The Kier molecular flexibility index (Phi) is 3.62. The molecule has 0 aliphatic carbocycles. The number of likely N-dealkylation sites (N-methyl/N-ethyl adjacent to an activating group) is 1. The molecule has 7 heteroatoms. The fraction of sp³-hybridized carbons (Fsp3) is 0.444. The minimum atomic E-state index is -0.583. The van der Waals surface area contributed by atoms with Crippen molar-refractivity contribution in [1.82, 2.24) is 4.98 Å². The number of aliphatic hydroxyl groups excluding tert-OH is 1. The van der Waals surface area contributed by atoms with Crippen LogP contribution in [-0.4, -0.2) is 34.7 Å². The van der Waals surface area contributed by atoms with Gasteiger partial charge in [-0.15, -0.1) is 0 Å². The third-order valence-corrected chi connectivity index (χ3v) is 2.01. The number of nitrogens with two attached hydrogens (primary N) is 1. The summed E-state index contributed by atoms with van der Waals surface area (Å²) in [5.74, 6) is 0.365. The average Bonchev–Trinajstić information content (AvgIpc) is 2.15. The standard InChI is InChI=1S/C9H14N4O3/c1-6(14)5-12(2)8-4-3-7(13(15)16)9(10)11-8/h3-4,6,14H,5H2,1-2H3,(H2,10,11). The lowest BCUT2D eigenvalue weighted by Gasteiger charge is -2.19. The van der Waals surface area contributed by atoms with Gasteiger partial charge in [-0.05, 0) is 13.0 Å². The molecule has 0 saturated heterocycles. The van der Waals surface area contributed by atoms with E-state index in [2.05, 4.69) is 4.98 Å². The number of rotatable bonds is 4. The molecular weight excluding hydrogens is 212 g/mol. The molecule has 0 aromatic carbocycles. The van der Waals surface area contributed by atoms with Crippen molar-refractivity contribution in [2.24, 2.45) is 0 Å². The zero-order valence-electron chi connectivity index (χ0n) is 9.12. The smallest absolute Gasteiger partial charge is 0.311 e. The van der Waals surface area contributed by atoms with E-state index in [1.54, 1.807) is 18.9 Å². The Morgan fingerprint density at radius 2 is 2.31 bits per heavy atom. The minimum Gasteiger partial charge on any atom is -0.392 e. The lowest BCUT2D eigenvalue weighted by atomic mass is 10.3. The first kappa shape index (κ1) is 12.2. The summed E-state index contributed by atoms with van der Waals surface area (Å²) >= 11 is 0. The number of aromatic nitrogens is 1. The van der Waals surface area contributed by atoms with Gasteiger partial charge in [-0.25, -0.2) is 4.98 Å². The van der Waals surface area contributed by atoms with Crippen LogP contribution in [-0.2, 0) is 0 Å². The van der Waals surface area contributed by atoms with Crippen LogP contribution in [0.1, 0.15) is 6.92 Å². The van der Waals surface area contributed by atoms with Crippen molar-refractivity contribution in [1.29, 1.82) is 0 Å². The van der Waals surface area contributed by atoms with Gasteiger partial charge in [-0.2, -0.15) is 0 Å². The Morgan fingerprint density at radius 1 is 1.69 bits per heavy atom. The molecule has 0 bridgehead atoms. The molecule has 1 rings (SSSR count). The van der Waals surface area contributed by atoms with Gasteiger partial charge in [0.05, 0.1) is 11.0 Å². The third kappa shape index (κ3) is 2.80. The molecule has 0 aliphatic rings. The zero-order valence-corrected chi connectivity index (χ0v) is 9.12. The summed E-state index contributed by atoms with van der Waals surface area (Å²) < 4.78 is 0. The summed E-state index contributed by atoms with van der Waals surface area (Å²) in [6, 6.07) is 2.80. The topological polar surface area (TPSA) is 106 Å². The fourth-order valence-electron chi connectivity index (χ4n) is 1.31. The van der Waals surface area contributed by atoms with E-state index in [-0.39, 0.29) is 11.5 Å². The number of anilines is 2. The van der Waals surface area contributed by atoms with E-state index < -0.39 is 11.0 Å². The van der Waals surface area contributed by atoms with Gasteiger partial charge < -0.3 is 15.7 Å². The first-order chi connectivity index (χ1) is 7.41. The highest BCUT2D eigenvalue weighted by Crippen LogP contribution is 2.22. The van der Waals surface area contributed by atoms with Crippen molar-refractivity contribution in [3.63, 3.8) is 0 Å².